The first kappa shape index (κ1) is 16.2. The van der Waals surface area contributed by atoms with Crippen LogP contribution in [0.3, 0.4) is 0 Å². The van der Waals surface area contributed by atoms with Gasteiger partial charge in [0.1, 0.15) is 18.2 Å². The fourth-order valence-electron chi connectivity index (χ4n) is 1.67. The number of halogens is 3. The molecular weight excluding hydrogens is 331 g/mol. The summed E-state index contributed by atoms with van der Waals surface area (Å²) in [7, 11) is 0. The number of pyridine rings is 1. The fraction of sp³-hybridized carbons (Fsp3) is 0.267. The predicted molar refractivity (Wildman–Crippen MR) is 88.8 cm³/mol. The number of aromatic nitrogens is 1. The number of benzene rings is 1. The molecule has 0 aliphatic carbocycles. The average Bonchev–Trinajstić information content (AvgIpc) is 2.48. The Morgan fingerprint density at radius 2 is 1.86 bits per heavy atom. The Morgan fingerprint density at radius 3 is 2.62 bits per heavy atom. The second-order valence-electron chi connectivity index (χ2n) is 4.42. The second-order valence-corrected chi connectivity index (χ2v) is 5.67. The highest BCUT2D eigenvalue weighted by Crippen LogP contribution is 2.29. The summed E-state index contributed by atoms with van der Waals surface area (Å²) in [5.74, 6) is 1.28. The lowest BCUT2D eigenvalue weighted by Gasteiger charge is -2.11. The van der Waals surface area contributed by atoms with Gasteiger partial charge in [-0.05, 0) is 30.7 Å². The molecule has 2 rings (SSSR count). The molecule has 112 valence electrons. The number of nitrogens with zero attached hydrogens (tertiary/aromatic N) is 1. The largest absolute Gasteiger partial charge is 0.486 e. The molecule has 0 fully saturated rings. The zero-order chi connectivity index (χ0) is 15.2. The maximum atomic E-state index is 6.14. The molecule has 6 heteroatoms. The monoisotopic (exact) mass is 344 g/mol. The summed E-state index contributed by atoms with van der Waals surface area (Å²) in [5, 5.41) is 4.82. The lowest BCUT2D eigenvalue weighted by atomic mass is 10.3. The van der Waals surface area contributed by atoms with Crippen molar-refractivity contribution < 1.29 is 4.74 Å². The number of ether oxygens (including phenoxy) is 1. The van der Waals surface area contributed by atoms with Crippen LogP contribution in [0.4, 0.5) is 5.82 Å². The molecule has 1 heterocycles. The van der Waals surface area contributed by atoms with E-state index in [9.17, 15) is 0 Å². The van der Waals surface area contributed by atoms with E-state index in [4.69, 9.17) is 39.5 Å². The normalized spacial score (nSPS) is 10.5. The van der Waals surface area contributed by atoms with E-state index in [1.54, 1.807) is 24.3 Å². The quantitative estimate of drug-likeness (QED) is 0.756. The molecular formula is C15H15Cl3N2O. The first-order valence-electron chi connectivity index (χ1n) is 6.57. The lowest BCUT2D eigenvalue weighted by molar-refractivity contribution is 0.302. The van der Waals surface area contributed by atoms with Gasteiger partial charge in [-0.2, -0.15) is 0 Å². The van der Waals surface area contributed by atoms with Crippen molar-refractivity contribution in [1.82, 2.24) is 4.98 Å². The molecule has 3 nitrogen and oxygen atoms in total. The molecule has 1 N–H and O–H groups in total. The number of hydrogen-bond acceptors (Lipinski definition) is 3. The molecule has 0 unspecified atom stereocenters. The van der Waals surface area contributed by atoms with Gasteiger partial charge in [0.15, 0.2) is 0 Å². The molecule has 0 saturated carbocycles. The number of nitrogens with one attached hydrogen (secondary N) is 1. The van der Waals surface area contributed by atoms with Crippen LogP contribution < -0.4 is 10.1 Å². The van der Waals surface area contributed by atoms with Crippen molar-refractivity contribution in [2.45, 2.75) is 20.0 Å². The third-order valence-electron chi connectivity index (χ3n) is 2.73. The third kappa shape index (κ3) is 4.67. The highest BCUT2D eigenvalue weighted by molar-refractivity contribution is 6.34. The zero-order valence-corrected chi connectivity index (χ0v) is 13.8. The van der Waals surface area contributed by atoms with E-state index >= 15 is 0 Å². The topological polar surface area (TPSA) is 34.1 Å². The van der Waals surface area contributed by atoms with Crippen molar-refractivity contribution in [3.63, 3.8) is 0 Å². The Bertz CT molecular complexity index is 620. The van der Waals surface area contributed by atoms with E-state index < -0.39 is 0 Å². The molecule has 0 atom stereocenters. The van der Waals surface area contributed by atoms with Crippen molar-refractivity contribution in [3.8, 4) is 5.75 Å². The first-order chi connectivity index (χ1) is 10.1. The van der Waals surface area contributed by atoms with Gasteiger partial charge in [0.05, 0.1) is 15.7 Å². The Balaban J connectivity index is 2.10. The Morgan fingerprint density at radius 1 is 1.10 bits per heavy atom. The fourth-order valence-corrected chi connectivity index (χ4v) is 2.17. The summed E-state index contributed by atoms with van der Waals surface area (Å²) >= 11 is 18.1. The number of hydrogen-bond donors (Lipinski definition) is 1. The average molecular weight is 346 g/mol. The van der Waals surface area contributed by atoms with Crippen LogP contribution in [-0.2, 0) is 6.61 Å². The van der Waals surface area contributed by atoms with E-state index in [1.807, 2.05) is 6.07 Å². The van der Waals surface area contributed by atoms with Crippen LogP contribution in [0.15, 0.2) is 30.3 Å². The van der Waals surface area contributed by atoms with Gasteiger partial charge in [-0.25, -0.2) is 4.98 Å². The molecule has 21 heavy (non-hydrogen) atoms. The summed E-state index contributed by atoms with van der Waals surface area (Å²) in [4.78, 5) is 4.43. The van der Waals surface area contributed by atoms with Crippen LogP contribution in [-0.4, -0.2) is 11.5 Å². The van der Waals surface area contributed by atoms with Gasteiger partial charge in [-0.15, -0.1) is 0 Å². The maximum Gasteiger partial charge on any atom is 0.139 e. The van der Waals surface area contributed by atoms with Crippen LogP contribution in [0.1, 0.15) is 19.0 Å². The van der Waals surface area contributed by atoms with Crippen LogP contribution in [0.25, 0.3) is 0 Å². The summed E-state index contributed by atoms with van der Waals surface area (Å²) in [6.45, 7) is 3.17. The van der Waals surface area contributed by atoms with Gasteiger partial charge < -0.3 is 10.1 Å². The lowest BCUT2D eigenvalue weighted by Crippen LogP contribution is -2.05. The van der Waals surface area contributed by atoms with Crippen molar-refractivity contribution >= 4 is 40.6 Å². The third-order valence-corrected chi connectivity index (χ3v) is 3.62. The molecule has 1 aromatic carbocycles. The zero-order valence-electron chi connectivity index (χ0n) is 11.5. The van der Waals surface area contributed by atoms with Gasteiger partial charge in [0, 0.05) is 17.6 Å². The summed E-state index contributed by atoms with van der Waals surface area (Å²) < 4.78 is 5.65. The molecule has 0 radical (unpaired) electrons. The van der Waals surface area contributed by atoms with Gasteiger partial charge in [0.2, 0.25) is 0 Å². The Kier molecular flexibility index (Phi) is 5.97. The Labute approximate surface area is 139 Å². The smallest absolute Gasteiger partial charge is 0.139 e. The molecule has 0 aliphatic rings. The number of rotatable bonds is 6. The van der Waals surface area contributed by atoms with Crippen molar-refractivity contribution in [3.05, 3.63) is 51.1 Å². The van der Waals surface area contributed by atoms with Gasteiger partial charge in [-0.1, -0.05) is 41.7 Å². The first-order valence-corrected chi connectivity index (χ1v) is 7.70. The minimum Gasteiger partial charge on any atom is -0.486 e. The Hall–Kier alpha value is -1.16. The second kappa shape index (κ2) is 7.74. The van der Waals surface area contributed by atoms with E-state index in [1.165, 1.54) is 0 Å². The van der Waals surface area contributed by atoms with Crippen molar-refractivity contribution in [1.29, 1.82) is 0 Å². The minimum absolute atomic E-state index is 0.223. The van der Waals surface area contributed by atoms with E-state index in [0.717, 1.165) is 18.8 Å². The SMILES string of the molecule is CCCNc1ccc(Cl)c(COc2cc(Cl)ccc2Cl)n1. The summed E-state index contributed by atoms with van der Waals surface area (Å²) in [5.41, 5.74) is 0.647. The molecule has 0 spiro atoms. The van der Waals surface area contributed by atoms with Crippen LogP contribution in [0, 0.1) is 0 Å². The number of anilines is 1. The molecule has 0 saturated heterocycles. The van der Waals surface area contributed by atoms with Crippen molar-refractivity contribution in [2.24, 2.45) is 0 Å². The van der Waals surface area contributed by atoms with Crippen molar-refractivity contribution in [2.75, 3.05) is 11.9 Å². The van der Waals surface area contributed by atoms with Gasteiger partial charge in [-0.3, -0.25) is 0 Å². The highest BCUT2D eigenvalue weighted by Gasteiger charge is 2.08. The van der Waals surface area contributed by atoms with Crippen LogP contribution >= 0.6 is 34.8 Å². The molecule has 0 aliphatic heterocycles. The minimum atomic E-state index is 0.223. The van der Waals surface area contributed by atoms with Gasteiger partial charge >= 0.3 is 0 Å². The van der Waals surface area contributed by atoms with Gasteiger partial charge in [0.25, 0.3) is 0 Å². The van der Waals surface area contributed by atoms with Crippen LogP contribution in [0.2, 0.25) is 15.1 Å². The summed E-state index contributed by atoms with van der Waals surface area (Å²) in [6.07, 6.45) is 1.02. The maximum absolute atomic E-state index is 6.14. The molecule has 0 bridgehead atoms. The highest BCUT2D eigenvalue weighted by atomic mass is 35.5. The predicted octanol–water partition coefficient (Wildman–Crippen LogP) is 5.44. The standard InChI is InChI=1S/C15H15Cl3N2O/c1-2-7-19-15-6-5-11(17)13(20-15)9-21-14-8-10(16)3-4-12(14)18/h3-6,8H,2,7,9H2,1H3,(H,19,20). The van der Waals surface area contributed by atoms with E-state index in [0.29, 0.717) is 26.5 Å². The van der Waals surface area contributed by atoms with E-state index in [-0.39, 0.29) is 6.61 Å². The molecule has 0 amide bonds. The molecule has 2 aromatic rings. The molecule has 1 aromatic heterocycles. The van der Waals surface area contributed by atoms with E-state index in [2.05, 4.69) is 17.2 Å². The van der Waals surface area contributed by atoms with Crippen LogP contribution in [0.5, 0.6) is 5.75 Å². The summed E-state index contributed by atoms with van der Waals surface area (Å²) in [6, 6.07) is 8.69.